The molecule has 4 aliphatic rings. The van der Waals surface area contributed by atoms with Crippen molar-refractivity contribution >= 4 is 95.8 Å². The lowest BCUT2D eigenvalue weighted by Crippen LogP contribution is -2.60. The van der Waals surface area contributed by atoms with Crippen LogP contribution in [-0.4, -0.2) is 50.5 Å². The number of amides is 4. The van der Waals surface area contributed by atoms with Gasteiger partial charge in [-0.25, -0.2) is 14.2 Å². The van der Waals surface area contributed by atoms with Crippen LogP contribution in [0.15, 0.2) is 75.2 Å². The highest BCUT2D eigenvalue weighted by atomic mass is 79.9. The number of carbonyl (C=O) groups excluding carboxylic acids is 4. The van der Waals surface area contributed by atoms with Crippen molar-refractivity contribution in [3.8, 4) is 11.5 Å². The number of phenolic OH excluding ortho intramolecular Hbond substituents is 1. The minimum Gasteiger partial charge on any atom is -0.503 e. The molecule has 0 unspecified atom stereocenters. The average Bonchev–Trinajstić information content (AvgIpc) is 3.42. The molecule has 2 saturated heterocycles. The van der Waals surface area contributed by atoms with Crippen LogP contribution >= 0.6 is 55.1 Å². The maximum atomic E-state index is 14.6. The van der Waals surface area contributed by atoms with E-state index in [0.29, 0.717) is 5.57 Å². The molecule has 11 nitrogen and oxygen atoms in total. The third kappa shape index (κ3) is 4.56. The molecule has 0 aromatic heterocycles. The monoisotopic (exact) mass is 835 g/mol. The second-order valence-electron chi connectivity index (χ2n) is 12.2. The number of nitrogens with zero attached hydrogens (tertiary/aromatic N) is 3. The quantitative estimate of drug-likeness (QED) is 0.0978. The Kier molecular flexibility index (Phi) is 7.97. The summed E-state index contributed by atoms with van der Waals surface area (Å²) in [6.07, 6.45) is 1.43. The number of allylic oxidation sites excluding steroid dienone is 2. The van der Waals surface area contributed by atoms with E-state index < -0.39 is 67.8 Å². The number of fused-ring (bicyclic) bond motifs is 4. The first-order valence-electron chi connectivity index (χ1n) is 14.8. The number of alkyl halides is 2. The summed E-state index contributed by atoms with van der Waals surface area (Å²) in [5.41, 5.74) is 0.461. The standard InChI is InChI=1S/C33H22Br2Cl2FN3O8/c1-49-22-12-20(25(34)26(35)27(22)42)24-18-9-10-19-23(29(44)39(28(19)43)16-3-2-4-17(11-16)41(47)48)21(18)13-32(36)30(45)40(31(46)33(24,32)37)15-7-5-14(38)6-8-15/h2-9,11-12,19,21,23-24,42H,10,13H2,1H3/t19-,21+,23-,24+,32+,33-/m0/s1. The lowest BCUT2D eigenvalue weighted by molar-refractivity contribution is -0.384. The number of non-ortho nitro benzene ring substituents is 1. The zero-order valence-corrected chi connectivity index (χ0v) is 29.7. The molecule has 6 atom stereocenters. The fourth-order valence-electron chi connectivity index (χ4n) is 7.72. The molecule has 3 aromatic carbocycles. The Labute approximate surface area is 304 Å². The first-order valence-corrected chi connectivity index (χ1v) is 17.1. The van der Waals surface area contributed by atoms with Gasteiger partial charge in [-0.2, -0.15) is 0 Å². The number of nitro groups is 1. The van der Waals surface area contributed by atoms with Crippen molar-refractivity contribution in [2.45, 2.75) is 28.5 Å². The molecule has 2 heterocycles. The number of imide groups is 2. The van der Waals surface area contributed by atoms with Crippen LogP contribution in [0.1, 0.15) is 24.3 Å². The summed E-state index contributed by atoms with van der Waals surface area (Å²) in [7, 11) is 1.32. The van der Waals surface area contributed by atoms with Gasteiger partial charge in [0.2, 0.25) is 11.8 Å². The number of phenols is 1. The van der Waals surface area contributed by atoms with E-state index in [4.69, 9.17) is 27.9 Å². The molecule has 3 aromatic rings. The number of methoxy groups -OCH3 is 1. The van der Waals surface area contributed by atoms with E-state index in [1.807, 2.05) is 0 Å². The largest absolute Gasteiger partial charge is 0.503 e. The number of nitro benzene ring substituents is 1. The maximum absolute atomic E-state index is 14.6. The first kappa shape index (κ1) is 33.6. The number of aromatic hydroxyl groups is 1. The number of anilines is 2. The Bertz CT molecular complexity index is 2070. The summed E-state index contributed by atoms with van der Waals surface area (Å²) in [6.45, 7) is 0. The van der Waals surface area contributed by atoms with E-state index in [1.54, 1.807) is 6.08 Å². The summed E-state index contributed by atoms with van der Waals surface area (Å²) in [4.78, 5) is 65.3. The van der Waals surface area contributed by atoms with Crippen molar-refractivity contribution in [3.63, 3.8) is 0 Å². The van der Waals surface area contributed by atoms with E-state index in [0.717, 1.165) is 28.0 Å². The van der Waals surface area contributed by atoms with Gasteiger partial charge < -0.3 is 9.84 Å². The highest BCUT2D eigenvalue weighted by Gasteiger charge is 2.77. The van der Waals surface area contributed by atoms with Crippen LogP contribution in [0.3, 0.4) is 0 Å². The van der Waals surface area contributed by atoms with Crippen molar-refractivity contribution < 1.29 is 38.3 Å². The maximum Gasteiger partial charge on any atom is 0.271 e. The number of ether oxygens (including phenoxy) is 1. The summed E-state index contributed by atoms with van der Waals surface area (Å²) in [5.74, 6) is -8.03. The first-order chi connectivity index (χ1) is 23.2. The van der Waals surface area contributed by atoms with Crippen molar-refractivity contribution in [1.29, 1.82) is 0 Å². The molecule has 0 bridgehead atoms. The molecule has 1 N–H and O–H groups in total. The second-order valence-corrected chi connectivity index (χ2v) is 15.0. The molecular weight excluding hydrogens is 816 g/mol. The van der Waals surface area contributed by atoms with E-state index in [2.05, 4.69) is 31.9 Å². The zero-order chi connectivity index (χ0) is 35.3. The lowest BCUT2D eigenvalue weighted by Gasteiger charge is -2.51. The molecule has 1 saturated carbocycles. The van der Waals surface area contributed by atoms with E-state index in [-0.39, 0.29) is 55.9 Å². The molecular formula is C33H22Br2Cl2FN3O8. The molecule has 2 aliphatic heterocycles. The molecule has 49 heavy (non-hydrogen) atoms. The third-order valence-electron chi connectivity index (χ3n) is 9.90. The highest BCUT2D eigenvalue weighted by Crippen LogP contribution is 2.67. The fraction of sp³-hybridized carbons (Fsp3) is 0.273. The van der Waals surface area contributed by atoms with Gasteiger partial charge in [-0.1, -0.05) is 17.7 Å². The summed E-state index contributed by atoms with van der Waals surface area (Å²) in [6, 6.07) is 11.2. The second kappa shape index (κ2) is 11.6. The SMILES string of the molecule is COc1cc([C@H]2C3=CC[C@@H]4C(=O)N(c5cccc([N+](=O)[O-])c5)C(=O)[C@@H]4[C@@H]3C[C@@]3(Cl)C(=O)N(c4ccc(F)cc4)C(=O)[C@@]23Cl)c(Br)c(Br)c1O. The fourth-order valence-corrected chi connectivity index (χ4v) is 9.60. The Balaban J connectivity index is 1.43. The van der Waals surface area contributed by atoms with Crippen molar-refractivity contribution in [3.05, 3.63) is 96.7 Å². The van der Waals surface area contributed by atoms with Gasteiger partial charge in [-0.3, -0.25) is 29.3 Å². The molecule has 3 fully saturated rings. The molecule has 4 amide bonds. The topological polar surface area (TPSA) is 147 Å². The number of benzene rings is 3. The highest BCUT2D eigenvalue weighted by molar-refractivity contribution is 9.13. The number of hydrogen-bond donors (Lipinski definition) is 1. The molecule has 16 heteroatoms. The number of halogens is 5. The van der Waals surface area contributed by atoms with Gasteiger partial charge in [0.05, 0.1) is 39.7 Å². The third-order valence-corrected chi connectivity index (χ3v) is 13.5. The zero-order valence-electron chi connectivity index (χ0n) is 25.0. The van der Waals surface area contributed by atoms with Crippen LogP contribution in [-0.2, 0) is 19.2 Å². The van der Waals surface area contributed by atoms with Gasteiger partial charge >= 0.3 is 0 Å². The smallest absolute Gasteiger partial charge is 0.271 e. The average molecular weight is 838 g/mol. The Morgan fingerprint density at radius 3 is 2.31 bits per heavy atom. The van der Waals surface area contributed by atoms with Gasteiger partial charge in [-0.15, -0.1) is 23.2 Å². The van der Waals surface area contributed by atoms with E-state index in [9.17, 15) is 38.8 Å². The lowest BCUT2D eigenvalue weighted by atomic mass is 9.56. The number of hydrogen-bond acceptors (Lipinski definition) is 8. The minimum atomic E-state index is -2.23. The van der Waals surface area contributed by atoms with E-state index in [1.165, 1.54) is 43.5 Å². The molecule has 0 radical (unpaired) electrons. The van der Waals surface area contributed by atoms with E-state index >= 15 is 0 Å². The number of rotatable bonds is 5. The molecule has 2 aliphatic carbocycles. The van der Waals surface area contributed by atoms with Crippen molar-refractivity contribution in [2.75, 3.05) is 16.9 Å². The van der Waals surface area contributed by atoms with Crippen LogP contribution < -0.4 is 14.5 Å². The van der Waals surface area contributed by atoms with Crippen molar-refractivity contribution in [1.82, 2.24) is 0 Å². The normalized spacial score (nSPS) is 29.1. The van der Waals surface area contributed by atoms with Crippen LogP contribution in [0.4, 0.5) is 21.5 Å². The number of carbonyl (C=O) groups is 4. The van der Waals surface area contributed by atoms with Crippen LogP contribution in [0.25, 0.3) is 0 Å². The predicted molar refractivity (Wildman–Crippen MR) is 182 cm³/mol. The van der Waals surface area contributed by atoms with Gasteiger partial charge in [0, 0.05) is 22.5 Å². The summed E-state index contributed by atoms with van der Waals surface area (Å²) >= 11 is 21.7. The van der Waals surface area contributed by atoms with Crippen LogP contribution in [0.2, 0.25) is 0 Å². The Morgan fingerprint density at radius 1 is 0.959 bits per heavy atom. The Morgan fingerprint density at radius 2 is 1.65 bits per heavy atom. The molecule has 7 rings (SSSR count). The van der Waals surface area contributed by atoms with Crippen LogP contribution in [0.5, 0.6) is 11.5 Å². The minimum absolute atomic E-state index is 0.00180. The van der Waals surface area contributed by atoms with Gasteiger partial charge in [0.25, 0.3) is 17.5 Å². The molecule has 0 spiro atoms. The van der Waals surface area contributed by atoms with Gasteiger partial charge in [-0.05, 0) is 92.6 Å². The van der Waals surface area contributed by atoms with Gasteiger partial charge in [0.1, 0.15) is 5.82 Å². The van der Waals surface area contributed by atoms with Crippen LogP contribution in [0, 0.1) is 33.7 Å². The Hall–Kier alpha value is -3.85. The molecule has 252 valence electrons. The summed E-state index contributed by atoms with van der Waals surface area (Å²) in [5, 5.41) is 22.3. The predicted octanol–water partition coefficient (Wildman–Crippen LogP) is 6.74. The van der Waals surface area contributed by atoms with Crippen molar-refractivity contribution in [2.24, 2.45) is 17.8 Å². The summed E-state index contributed by atoms with van der Waals surface area (Å²) < 4.78 is 19.7. The van der Waals surface area contributed by atoms with Gasteiger partial charge in [0.15, 0.2) is 21.2 Å².